The molecule has 0 spiro atoms. The van der Waals surface area contributed by atoms with E-state index in [0.717, 1.165) is 12.5 Å². The van der Waals surface area contributed by atoms with Crippen molar-refractivity contribution in [2.45, 2.75) is 19.5 Å². The van der Waals surface area contributed by atoms with Crippen molar-refractivity contribution in [2.75, 3.05) is 42.6 Å². The van der Waals surface area contributed by atoms with Crippen molar-refractivity contribution < 1.29 is 22.7 Å². The van der Waals surface area contributed by atoms with Crippen molar-refractivity contribution in [1.29, 1.82) is 5.26 Å². The van der Waals surface area contributed by atoms with Gasteiger partial charge in [-0.3, -0.25) is 0 Å². The molecule has 6 nitrogen and oxygen atoms in total. The van der Waals surface area contributed by atoms with Gasteiger partial charge in [0.05, 0.1) is 29.4 Å². The fourth-order valence-electron chi connectivity index (χ4n) is 3.37. The minimum atomic E-state index is -4.58. The van der Waals surface area contributed by atoms with Crippen LogP contribution in [0.4, 0.5) is 24.7 Å². The van der Waals surface area contributed by atoms with Crippen molar-refractivity contribution in [3.8, 4) is 6.07 Å². The van der Waals surface area contributed by atoms with Crippen LogP contribution in [0.25, 0.3) is 0 Å². The van der Waals surface area contributed by atoms with Crippen LogP contribution in [-0.4, -0.2) is 43.7 Å². The molecule has 0 atom stereocenters. The third-order valence-electron chi connectivity index (χ3n) is 4.87. The van der Waals surface area contributed by atoms with Gasteiger partial charge in [0, 0.05) is 38.1 Å². The van der Waals surface area contributed by atoms with Crippen LogP contribution in [0.1, 0.15) is 34.8 Å². The molecule has 0 saturated carbocycles. The molecule has 30 heavy (non-hydrogen) atoms. The zero-order chi connectivity index (χ0) is 21.7. The summed E-state index contributed by atoms with van der Waals surface area (Å²) in [6.07, 6.45) is -2.39. The molecule has 0 radical (unpaired) electrons. The second-order valence-electron chi connectivity index (χ2n) is 6.79. The maximum Gasteiger partial charge on any atom is 0.417 e. The summed E-state index contributed by atoms with van der Waals surface area (Å²) in [4.78, 5) is 20.0. The van der Waals surface area contributed by atoms with Crippen molar-refractivity contribution in [1.82, 2.24) is 4.98 Å². The molecule has 1 aliphatic heterocycles. The molecule has 1 saturated heterocycles. The molecule has 0 bridgehead atoms. The third-order valence-corrected chi connectivity index (χ3v) is 4.87. The van der Waals surface area contributed by atoms with Gasteiger partial charge in [0.2, 0.25) is 0 Å². The number of benzene rings is 1. The van der Waals surface area contributed by atoms with Crippen molar-refractivity contribution in [3.05, 3.63) is 53.2 Å². The fourth-order valence-corrected chi connectivity index (χ4v) is 3.37. The van der Waals surface area contributed by atoms with Crippen LogP contribution in [0.2, 0.25) is 0 Å². The van der Waals surface area contributed by atoms with Crippen LogP contribution in [0.15, 0.2) is 36.5 Å². The molecular formula is C21H21F3N4O2. The normalized spacial score (nSPS) is 14.8. The molecule has 2 aromatic rings. The summed E-state index contributed by atoms with van der Waals surface area (Å²) in [5.41, 5.74) is -0.489. The number of ether oxygens (including phenoxy) is 1. The highest BCUT2D eigenvalue weighted by molar-refractivity contribution is 5.89. The van der Waals surface area contributed by atoms with Crippen LogP contribution in [0, 0.1) is 11.3 Å². The van der Waals surface area contributed by atoms with E-state index in [0.29, 0.717) is 43.2 Å². The van der Waals surface area contributed by atoms with Gasteiger partial charge in [-0.15, -0.1) is 0 Å². The Bertz CT molecular complexity index is 939. The van der Waals surface area contributed by atoms with Gasteiger partial charge < -0.3 is 14.5 Å². The zero-order valence-corrected chi connectivity index (χ0v) is 16.4. The minimum absolute atomic E-state index is 0.286. The summed E-state index contributed by atoms with van der Waals surface area (Å²) in [6.45, 7) is 4.35. The molecule has 2 heterocycles. The molecule has 0 amide bonds. The van der Waals surface area contributed by atoms with Gasteiger partial charge in [-0.2, -0.15) is 18.4 Å². The summed E-state index contributed by atoms with van der Waals surface area (Å²) < 4.78 is 44.7. The highest BCUT2D eigenvalue weighted by Crippen LogP contribution is 2.34. The quantitative estimate of drug-likeness (QED) is 0.703. The summed E-state index contributed by atoms with van der Waals surface area (Å²) in [5.74, 6) is 0.264. The molecule has 3 rings (SSSR count). The predicted octanol–water partition coefficient (Wildman–Crippen LogP) is 3.87. The Hall–Kier alpha value is -3.28. The maximum absolute atomic E-state index is 13.3. The molecule has 1 aromatic carbocycles. The number of nitrogens with zero attached hydrogens (tertiary/aromatic N) is 4. The first-order valence-electron chi connectivity index (χ1n) is 9.58. The van der Waals surface area contributed by atoms with Gasteiger partial charge in [0.25, 0.3) is 0 Å². The Morgan fingerprint density at radius 1 is 1.17 bits per heavy atom. The summed E-state index contributed by atoms with van der Waals surface area (Å²) >= 11 is 0. The van der Waals surface area contributed by atoms with E-state index in [1.165, 1.54) is 12.3 Å². The van der Waals surface area contributed by atoms with E-state index < -0.39 is 17.7 Å². The van der Waals surface area contributed by atoms with Gasteiger partial charge in [-0.25, -0.2) is 9.78 Å². The van der Waals surface area contributed by atoms with Gasteiger partial charge in [0.1, 0.15) is 5.82 Å². The smallest absolute Gasteiger partial charge is 0.417 e. The average molecular weight is 418 g/mol. The van der Waals surface area contributed by atoms with E-state index in [2.05, 4.69) is 4.98 Å². The maximum atomic E-state index is 13.3. The Balaban J connectivity index is 1.73. The van der Waals surface area contributed by atoms with Crippen molar-refractivity contribution in [2.24, 2.45) is 0 Å². The molecule has 158 valence electrons. The van der Waals surface area contributed by atoms with Crippen molar-refractivity contribution in [3.63, 3.8) is 0 Å². The van der Waals surface area contributed by atoms with E-state index in [9.17, 15) is 18.0 Å². The van der Waals surface area contributed by atoms with Gasteiger partial charge in [-0.1, -0.05) is 0 Å². The number of alkyl halides is 3. The Morgan fingerprint density at radius 2 is 1.90 bits per heavy atom. The lowest BCUT2D eigenvalue weighted by atomic mass is 10.1. The Morgan fingerprint density at radius 3 is 2.53 bits per heavy atom. The highest BCUT2D eigenvalue weighted by atomic mass is 19.4. The molecule has 0 aliphatic carbocycles. The Labute approximate surface area is 172 Å². The van der Waals surface area contributed by atoms with E-state index in [-0.39, 0.29) is 12.2 Å². The second-order valence-corrected chi connectivity index (χ2v) is 6.79. The summed E-state index contributed by atoms with van der Waals surface area (Å²) in [7, 11) is 0. The standard InChI is InChI=1S/C21H21F3N4O2/c1-2-30-20(29)16-5-7-19(26-14-16)28-9-3-8-27(10-11-28)17-6-4-15(13-25)18(12-17)21(22,23)24/h4-7,12,14H,2-3,8-11H2,1H3. The number of hydrogen-bond donors (Lipinski definition) is 0. The highest BCUT2D eigenvalue weighted by Gasteiger charge is 2.34. The van der Waals surface area contributed by atoms with Crippen LogP contribution < -0.4 is 9.80 Å². The van der Waals surface area contributed by atoms with E-state index >= 15 is 0 Å². The molecule has 1 fully saturated rings. The Kier molecular flexibility index (Phi) is 6.45. The summed E-state index contributed by atoms with van der Waals surface area (Å²) in [6, 6.07) is 8.81. The number of anilines is 2. The van der Waals surface area contributed by atoms with E-state index in [4.69, 9.17) is 10.00 Å². The molecule has 9 heteroatoms. The first-order valence-corrected chi connectivity index (χ1v) is 9.58. The SMILES string of the molecule is CCOC(=O)c1ccc(N2CCCN(c3ccc(C#N)c(C(F)(F)F)c3)CC2)nc1. The number of aromatic nitrogens is 1. The van der Waals surface area contributed by atoms with Crippen molar-refractivity contribution >= 4 is 17.5 Å². The summed E-state index contributed by atoms with van der Waals surface area (Å²) in [5, 5.41) is 8.97. The average Bonchev–Trinajstić information content (AvgIpc) is 2.99. The van der Waals surface area contributed by atoms with Gasteiger partial charge in [0.15, 0.2) is 0 Å². The first kappa shape index (κ1) is 21.4. The number of pyridine rings is 1. The number of esters is 1. The topological polar surface area (TPSA) is 69.5 Å². The largest absolute Gasteiger partial charge is 0.462 e. The number of halogens is 3. The number of carbonyl (C=O) groups excluding carboxylic acids is 1. The second kappa shape index (κ2) is 9.03. The zero-order valence-electron chi connectivity index (χ0n) is 16.4. The predicted molar refractivity (Wildman–Crippen MR) is 105 cm³/mol. The van der Waals surface area contributed by atoms with Gasteiger partial charge in [-0.05, 0) is 43.7 Å². The number of carbonyl (C=O) groups is 1. The molecule has 0 N–H and O–H groups in total. The van der Waals surface area contributed by atoms with Crippen LogP contribution in [0.5, 0.6) is 0 Å². The minimum Gasteiger partial charge on any atom is -0.462 e. The fraction of sp³-hybridized carbons (Fsp3) is 0.381. The van der Waals surface area contributed by atoms with Crippen LogP contribution in [0.3, 0.4) is 0 Å². The monoisotopic (exact) mass is 418 g/mol. The lowest BCUT2D eigenvalue weighted by Crippen LogP contribution is -2.31. The lowest BCUT2D eigenvalue weighted by Gasteiger charge is -2.25. The molecular weight excluding hydrogens is 397 g/mol. The van der Waals surface area contributed by atoms with E-state index in [1.54, 1.807) is 31.2 Å². The van der Waals surface area contributed by atoms with Crippen LogP contribution >= 0.6 is 0 Å². The van der Waals surface area contributed by atoms with Gasteiger partial charge >= 0.3 is 12.1 Å². The van der Waals surface area contributed by atoms with Crippen LogP contribution in [-0.2, 0) is 10.9 Å². The molecule has 1 aromatic heterocycles. The first-order chi connectivity index (χ1) is 14.3. The third kappa shape index (κ3) is 4.82. The number of hydrogen-bond acceptors (Lipinski definition) is 6. The van der Waals surface area contributed by atoms with E-state index in [1.807, 2.05) is 9.80 Å². The molecule has 1 aliphatic rings. The molecule has 0 unspecified atom stereocenters. The number of rotatable bonds is 4. The lowest BCUT2D eigenvalue weighted by molar-refractivity contribution is -0.137. The number of nitriles is 1.